The molecular formula is C17H36P+. The first-order valence-electron chi connectivity index (χ1n) is 8.12. The molecule has 1 saturated carbocycles. The summed E-state index contributed by atoms with van der Waals surface area (Å²) in [6, 6.07) is 0. The zero-order valence-corrected chi connectivity index (χ0v) is 14.7. The van der Waals surface area contributed by atoms with Gasteiger partial charge in [-0.25, -0.2) is 0 Å². The molecule has 1 atom stereocenters. The summed E-state index contributed by atoms with van der Waals surface area (Å²) in [6.45, 7) is 15.1. The van der Waals surface area contributed by atoms with Crippen LogP contribution in [0.3, 0.4) is 0 Å². The normalized spacial score (nSPS) is 19.7. The molecule has 0 aromatic carbocycles. The molecule has 1 heteroatoms. The third-order valence-electron chi connectivity index (χ3n) is 5.44. The maximum absolute atomic E-state index is 2.62. The van der Waals surface area contributed by atoms with E-state index in [1.54, 1.807) is 0 Å². The molecule has 1 rings (SSSR count). The van der Waals surface area contributed by atoms with Crippen LogP contribution in [0.4, 0.5) is 0 Å². The Labute approximate surface area is 117 Å². The summed E-state index contributed by atoms with van der Waals surface area (Å²) in [5.74, 6) is 1.03. The van der Waals surface area contributed by atoms with Gasteiger partial charge in [0.1, 0.15) is 0 Å². The minimum atomic E-state index is -0.728. The van der Waals surface area contributed by atoms with Crippen LogP contribution in [0.25, 0.3) is 0 Å². The molecule has 0 saturated heterocycles. The second-order valence-electron chi connectivity index (χ2n) is 7.90. The third-order valence-corrected chi connectivity index (χ3v) is 9.72. The Morgan fingerprint density at radius 2 is 1.78 bits per heavy atom. The molecule has 1 aliphatic carbocycles. The van der Waals surface area contributed by atoms with Crippen LogP contribution in [-0.2, 0) is 0 Å². The van der Waals surface area contributed by atoms with E-state index in [9.17, 15) is 0 Å². The highest BCUT2D eigenvalue weighted by Crippen LogP contribution is 2.62. The second-order valence-corrected chi connectivity index (χ2v) is 12.7. The Hall–Kier alpha value is 0.430. The lowest BCUT2D eigenvalue weighted by Gasteiger charge is -2.43. The Bertz CT molecular complexity index is 238. The monoisotopic (exact) mass is 271 g/mol. The number of hydrogen-bond donors (Lipinski definition) is 0. The lowest BCUT2D eigenvalue weighted by molar-refractivity contribution is 0.144. The lowest BCUT2D eigenvalue weighted by Crippen LogP contribution is -2.35. The molecule has 0 radical (unpaired) electrons. The van der Waals surface area contributed by atoms with Gasteiger partial charge >= 0.3 is 0 Å². The van der Waals surface area contributed by atoms with Crippen molar-refractivity contribution < 1.29 is 0 Å². The van der Waals surface area contributed by atoms with Crippen LogP contribution < -0.4 is 0 Å². The summed E-state index contributed by atoms with van der Waals surface area (Å²) >= 11 is 0. The maximum Gasteiger partial charge on any atom is 0.0664 e. The predicted octanol–water partition coefficient (Wildman–Crippen LogP) is 6.06. The summed E-state index contributed by atoms with van der Waals surface area (Å²) in [5, 5.41) is 0. The van der Waals surface area contributed by atoms with Crippen molar-refractivity contribution >= 4 is 7.26 Å². The molecule has 0 aromatic heterocycles. The van der Waals surface area contributed by atoms with Crippen molar-refractivity contribution in [3.8, 4) is 0 Å². The van der Waals surface area contributed by atoms with Crippen molar-refractivity contribution in [2.24, 2.45) is 11.3 Å². The van der Waals surface area contributed by atoms with Crippen LogP contribution in [0, 0.1) is 11.3 Å². The topological polar surface area (TPSA) is 0 Å². The van der Waals surface area contributed by atoms with Crippen LogP contribution in [0.5, 0.6) is 0 Å². The van der Waals surface area contributed by atoms with Gasteiger partial charge in [0.05, 0.1) is 11.8 Å². The van der Waals surface area contributed by atoms with Crippen molar-refractivity contribution in [2.75, 3.05) is 19.5 Å². The average molecular weight is 271 g/mol. The van der Waals surface area contributed by atoms with Gasteiger partial charge in [0.15, 0.2) is 0 Å². The number of hydrogen-bond acceptors (Lipinski definition) is 0. The molecule has 18 heavy (non-hydrogen) atoms. The van der Waals surface area contributed by atoms with E-state index in [1.807, 2.05) is 0 Å². The molecule has 0 spiro atoms. The zero-order chi connectivity index (χ0) is 13.8. The molecule has 0 nitrogen and oxygen atoms in total. The van der Waals surface area contributed by atoms with E-state index in [1.165, 1.54) is 51.1 Å². The fourth-order valence-corrected chi connectivity index (χ4v) is 7.12. The molecule has 0 N–H and O–H groups in total. The van der Waals surface area contributed by atoms with Crippen LogP contribution in [0.15, 0.2) is 0 Å². The van der Waals surface area contributed by atoms with Gasteiger partial charge in [-0.1, -0.05) is 40.0 Å². The highest BCUT2D eigenvalue weighted by atomic mass is 31.2. The highest BCUT2D eigenvalue weighted by molar-refractivity contribution is 7.75. The fraction of sp³-hybridized carbons (Fsp3) is 1.00. The van der Waals surface area contributed by atoms with Crippen molar-refractivity contribution in [1.82, 2.24) is 0 Å². The first-order chi connectivity index (χ1) is 8.29. The van der Waals surface area contributed by atoms with Crippen LogP contribution in [-0.4, -0.2) is 25.2 Å². The minimum absolute atomic E-state index is 0.606. The fourth-order valence-electron chi connectivity index (χ4n) is 3.56. The van der Waals surface area contributed by atoms with Crippen LogP contribution >= 0.6 is 7.26 Å². The molecule has 0 aliphatic heterocycles. The Morgan fingerprint density at radius 3 is 2.22 bits per heavy atom. The summed E-state index contributed by atoms with van der Waals surface area (Å²) in [7, 11) is -0.728. The first kappa shape index (κ1) is 16.5. The molecule has 0 aromatic rings. The molecule has 0 amide bonds. The summed E-state index contributed by atoms with van der Waals surface area (Å²) in [6.07, 6.45) is 11.7. The minimum Gasteiger partial charge on any atom is -0.0654 e. The van der Waals surface area contributed by atoms with E-state index in [0.29, 0.717) is 5.41 Å². The van der Waals surface area contributed by atoms with Crippen molar-refractivity contribution in [2.45, 2.75) is 78.3 Å². The van der Waals surface area contributed by atoms with Crippen LogP contribution in [0.1, 0.15) is 72.6 Å². The molecule has 108 valence electrons. The SMILES string of the molecule is CCCCCC(C)[P+](C)(C)CC(C)(C)C1CCC1. The van der Waals surface area contributed by atoms with Gasteiger partial charge in [-0.15, -0.1) is 0 Å². The zero-order valence-electron chi connectivity index (χ0n) is 13.8. The maximum atomic E-state index is 2.62. The van der Waals surface area contributed by atoms with Gasteiger partial charge in [-0.05, 0) is 38.5 Å². The first-order valence-corrected chi connectivity index (χ1v) is 11.1. The van der Waals surface area contributed by atoms with Crippen molar-refractivity contribution in [3.63, 3.8) is 0 Å². The predicted molar refractivity (Wildman–Crippen MR) is 88.4 cm³/mol. The number of rotatable bonds is 8. The van der Waals surface area contributed by atoms with Crippen molar-refractivity contribution in [1.29, 1.82) is 0 Å². The van der Waals surface area contributed by atoms with E-state index in [-0.39, 0.29) is 0 Å². The summed E-state index contributed by atoms with van der Waals surface area (Å²) in [4.78, 5) is 0. The lowest BCUT2D eigenvalue weighted by atomic mass is 9.68. The van der Waals surface area contributed by atoms with E-state index in [0.717, 1.165) is 11.6 Å². The van der Waals surface area contributed by atoms with E-state index in [2.05, 4.69) is 41.0 Å². The van der Waals surface area contributed by atoms with Gasteiger partial charge < -0.3 is 0 Å². The van der Waals surface area contributed by atoms with Gasteiger partial charge in [-0.3, -0.25) is 0 Å². The Kier molecular flexibility index (Phi) is 6.17. The molecular weight excluding hydrogens is 235 g/mol. The van der Waals surface area contributed by atoms with Crippen LogP contribution in [0.2, 0.25) is 0 Å². The van der Waals surface area contributed by atoms with Gasteiger partial charge in [0.25, 0.3) is 0 Å². The highest BCUT2D eigenvalue weighted by Gasteiger charge is 2.43. The number of unbranched alkanes of at least 4 members (excludes halogenated alkanes) is 2. The van der Waals surface area contributed by atoms with E-state index >= 15 is 0 Å². The quantitative estimate of drug-likeness (QED) is 0.372. The van der Waals surface area contributed by atoms with E-state index < -0.39 is 7.26 Å². The summed E-state index contributed by atoms with van der Waals surface area (Å²) in [5.41, 5.74) is 1.58. The largest absolute Gasteiger partial charge is 0.0664 e. The smallest absolute Gasteiger partial charge is 0.0654 e. The average Bonchev–Trinajstić information content (AvgIpc) is 2.12. The van der Waals surface area contributed by atoms with E-state index in [4.69, 9.17) is 0 Å². The second kappa shape index (κ2) is 6.74. The molecule has 1 aliphatic rings. The summed E-state index contributed by atoms with van der Waals surface area (Å²) < 4.78 is 0. The molecule has 1 fully saturated rings. The van der Waals surface area contributed by atoms with Crippen molar-refractivity contribution in [3.05, 3.63) is 0 Å². The standard InChI is InChI=1S/C17H36P/c1-7-8-9-11-15(2)18(5,6)14-17(3,4)16-12-10-13-16/h15-16H,7-14H2,1-6H3/q+1. The Morgan fingerprint density at radius 1 is 1.17 bits per heavy atom. The third kappa shape index (κ3) is 4.52. The van der Waals surface area contributed by atoms with Gasteiger partial charge in [0.2, 0.25) is 0 Å². The molecule has 1 unspecified atom stereocenters. The molecule has 0 heterocycles. The van der Waals surface area contributed by atoms with Gasteiger partial charge in [-0.2, -0.15) is 0 Å². The molecule has 0 bridgehead atoms. The Balaban J connectivity index is 2.45. The van der Waals surface area contributed by atoms with Gasteiger partial charge in [0, 0.05) is 26.0 Å².